The molecule has 2 aromatic heterocycles. The van der Waals surface area contributed by atoms with Gasteiger partial charge < -0.3 is 15.0 Å². The maximum absolute atomic E-state index is 12.9. The van der Waals surface area contributed by atoms with Gasteiger partial charge >= 0.3 is 0 Å². The third-order valence-electron chi connectivity index (χ3n) is 4.99. The van der Waals surface area contributed by atoms with Gasteiger partial charge in [-0.2, -0.15) is 0 Å². The number of carbonyl (C=O) groups is 1. The zero-order valence-corrected chi connectivity index (χ0v) is 18.2. The molecule has 3 aromatic rings. The van der Waals surface area contributed by atoms with E-state index in [0.29, 0.717) is 11.5 Å². The van der Waals surface area contributed by atoms with Crippen molar-refractivity contribution in [3.05, 3.63) is 41.0 Å². The predicted octanol–water partition coefficient (Wildman–Crippen LogP) is 5.06. The molecule has 1 saturated heterocycles. The lowest BCUT2D eigenvalue weighted by molar-refractivity contribution is 0.103. The van der Waals surface area contributed by atoms with Gasteiger partial charge in [-0.1, -0.05) is 0 Å². The van der Waals surface area contributed by atoms with Crippen molar-refractivity contribution in [1.82, 2.24) is 9.97 Å². The first-order valence-corrected chi connectivity index (χ1v) is 10.5. The molecule has 3 heterocycles. The van der Waals surface area contributed by atoms with E-state index in [2.05, 4.69) is 20.2 Å². The van der Waals surface area contributed by atoms with Crippen molar-refractivity contribution >= 4 is 51.4 Å². The molecule has 0 saturated carbocycles. The summed E-state index contributed by atoms with van der Waals surface area (Å²) in [4.78, 5) is 25.8. The number of benzene rings is 1. The van der Waals surface area contributed by atoms with Gasteiger partial charge in [0.25, 0.3) is 5.91 Å². The number of piperidine rings is 1. The fraction of sp³-hybridized carbons (Fsp3) is 0.381. The van der Waals surface area contributed by atoms with Crippen molar-refractivity contribution in [3.63, 3.8) is 0 Å². The highest BCUT2D eigenvalue weighted by Crippen LogP contribution is 2.36. The van der Waals surface area contributed by atoms with Crippen molar-refractivity contribution in [2.45, 2.75) is 33.1 Å². The Labute approximate surface area is 180 Å². The molecular weight excluding hydrogens is 408 g/mol. The number of carbonyl (C=O) groups excluding carboxylic acids is 1. The van der Waals surface area contributed by atoms with Gasteiger partial charge in [0, 0.05) is 18.8 Å². The molecule has 0 unspecified atom stereocenters. The summed E-state index contributed by atoms with van der Waals surface area (Å²) in [5.41, 5.74) is 1.69. The van der Waals surface area contributed by atoms with Crippen LogP contribution in [0.4, 0.5) is 11.5 Å². The van der Waals surface area contributed by atoms with E-state index in [1.807, 2.05) is 38.1 Å². The normalized spacial score (nSPS) is 13.8. The quantitative estimate of drug-likeness (QED) is 0.610. The number of hydrogen-bond acceptors (Lipinski definition) is 6. The molecule has 4 rings (SSSR count). The zero-order chi connectivity index (χ0) is 19.5. The van der Waals surface area contributed by atoms with Gasteiger partial charge in [-0.15, -0.1) is 23.7 Å². The minimum absolute atomic E-state index is 0. The van der Waals surface area contributed by atoms with E-state index < -0.39 is 0 Å². The molecule has 1 amide bonds. The molecule has 1 aliphatic heterocycles. The summed E-state index contributed by atoms with van der Waals surface area (Å²) in [5, 5.41) is 3.99. The fourth-order valence-corrected chi connectivity index (χ4v) is 4.64. The fourth-order valence-electron chi connectivity index (χ4n) is 3.60. The summed E-state index contributed by atoms with van der Waals surface area (Å²) in [6, 6.07) is 7.42. The molecule has 8 heteroatoms. The third-order valence-corrected chi connectivity index (χ3v) is 6.19. The maximum atomic E-state index is 12.9. The number of aromatic nitrogens is 2. The lowest BCUT2D eigenvalue weighted by Crippen LogP contribution is -2.30. The van der Waals surface area contributed by atoms with Gasteiger partial charge in [-0.05, 0) is 62.9 Å². The molecule has 6 nitrogen and oxygen atoms in total. The number of thiophene rings is 1. The molecule has 1 aliphatic rings. The lowest BCUT2D eigenvalue weighted by atomic mass is 10.1. The van der Waals surface area contributed by atoms with Crippen LogP contribution in [0.15, 0.2) is 30.6 Å². The average molecular weight is 433 g/mol. The molecule has 1 fully saturated rings. The van der Waals surface area contributed by atoms with Crippen molar-refractivity contribution < 1.29 is 9.53 Å². The minimum atomic E-state index is -0.116. The second-order valence-electron chi connectivity index (χ2n) is 6.89. The second kappa shape index (κ2) is 9.41. The molecule has 0 bridgehead atoms. The topological polar surface area (TPSA) is 67.3 Å². The van der Waals surface area contributed by atoms with E-state index in [9.17, 15) is 4.79 Å². The predicted molar refractivity (Wildman–Crippen MR) is 121 cm³/mol. The van der Waals surface area contributed by atoms with E-state index in [-0.39, 0.29) is 18.3 Å². The van der Waals surface area contributed by atoms with Crippen molar-refractivity contribution in [3.8, 4) is 5.75 Å². The summed E-state index contributed by atoms with van der Waals surface area (Å²) in [6.45, 7) is 6.57. The number of rotatable bonds is 5. The molecule has 154 valence electrons. The molecule has 0 atom stereocenters. The Morgan fingerprint density at radius 3 is 2.59 bits per heavy atom. The van der Waals surface area contributed by atoms with Gasteiger partial charge in [0.15, 0.2) is 0 Å². The number of fused-ring (bicyclic) bond motifs is 1. The van der Waals surface area contributed by atoms with Crippen molar-refractivity contribution in [2.24, 2.45) is 0 Å². The SMILES string of the molecule is CCOc1ccc(NC(=O)c2sc3ncnc(N4CCCCC4)c3c2C)cc1.Cl. The Kier molecular flexibility index (Phi) is 6.92. The highest BCUT2D eigenvalue weighted by molar-refractivity contribution is 7.20. The number of halogens is 1. The highest BCUT2D eigenvalue weighted by Gasteiger charge is 2.22. The number of nitrogens with zero attached hydrogens (tertiary/aromatic N) is 3. The second-order valence-corrected chi connectivity index (χ2v) is 7.89. The number of aryl methyl sites for hydroxylation is 1. The number of hydrogen-bond donors (Lipinski definition) is 1. The van der Waals surface area contributed by atoms with Gasteiger partial charge in [0.2, 0.25) is 0 Å². The van der Waals surface area contributed by atoms with Gasteiger partial charge in [0.1, 0.15) is 22.7 Å². The molecule has 1 N–H and O–H groups in total. The van der Waals surface area contributed by atoms with Crippen LogP contribution in [0.3, 0.4) is 0 Å². The Morgan fingerprint density at radius 2 is 1.90 bits per heavy atom. The first-order chi connectivity index (χ1) is 13.7. The smallest absolute Gasteiger partial charge is 0.266 e. The Morgan fingerprint density at radius 1 is 1.17 bits per heavy atom. The molecule has 0 aliphatic carbocycles. The zero-order valence-electron chi connectivity index (χ0n) is 16.6. The molecular formula is C21H25ClN4O2S. The first kappa shape index (κ1) is 21.3. The maximum Gasteiger partial charge on any atom is 0.266 e. The van der Waals surface area contributed by atoms with Gasteiger partial charge in [0.05, 0.1) is 16.9 Å². The van der Waals surface area contributed by atoms with E-state index in [1.54, 1.807) is 6.33 Å². The number of nitrogens with one attached hydrogen (secondary N) is 1. The lowest BCUT2D eigenvalue weighted by Gasteiger charge is -2.28. The van der Waals surface area contributed by atoms with Crippen LogP contribution in [0.5, 0.6) is 5.75 Å². The van der Waals surface area contributed by atoms with E-state index in [4.69, 9.17) is 4.74 Å². The largest absolute Gasteiger partial charge is 0.494 e. The van der Waals surface area contributed by atoms with Crippen LogP contribution < -0.4 is 15.0 Å². The van der Waals surface area contributed by atoms with Crippen LogP contribution >= 0.6 is 23.7 Å². The van der Waals surface area contributed by atoms with Crippen molar-refractivity contribution in [2.75, 3.05) is 29.9 Å². The first-order valence-electron chi connectivity index (χ1n) is 9.70. The minimum Gasteiger partial charge on any atom is -0.494 e. The summed E-state index contributed by atoms with van der Waals surface area (Å²) in [6.07, 6.45) is 5.24. The standard InChI is InChI=1S/C21H24N4O2S.ClH/c1-3-27-16-9-7-15(8-10-16)24-20(26)18-14(2)17-19(22-13-23-21(17)28-18)25-11-5-4-6-12-25;/h7-10,13H,3-6,11-12H2,1-2H3,(H,24,26);1H. The number of ether oxygens (including phenoxy) is 1. The Balaban J connectivity index is 0.00000240. The van der Waals surface area contributed by atoms with Crippen LogP contribution in [0.1, 0.15) is 41.4 Å². The Hall–Kier alpha value is -2.38. The summed E-state index contributed by atoms with van der Waals surface area (Å²) >= 11 is 1.43. The summed E-state index contributed by atoms with van der Waals surface area (Å²) in [7, 11) is 0. The van der Waals surface area contributed by atoms with Crippen molar-refractivity contribution in [1.29, 1.82) is 0 Å². The van der Waals surface area contributed by atoms with E-state index in [0.717, 1.165) is 46.1 Å². The van der Waals surface area contributed by atoms with Crippen LogP contribution in [-0.4, -0.2) is 35.6 Å². The highest BCUT2D eigenvalue weighted by atomic mass is 35.5. The summed E-state index contributed by atoms with van der Waals surface area (Å²) < 4.78 is 5.45. The van der Waals surface area contributed by atoms with E-state index >= 15 is 0 Å². The number of amides is 1. The third kappa shape index (κ3) is 4.46. The van der Waals surface area contributed by atoms with Crippen LogP contribution in [-0.2, 0) is 0 Å². The van der Waals surface area contributed by atoms with Gasteiger partial charge in [-0.25, -0.2) is 9.97 Å². The molecule has 29 heavy (non-hydrogen) atoms. The summed E-state index contributed by atoms with van der Waals surface area (Å²) in [5.74, 6) is 1.63. The van der Waals surface area contributed by atoms with Crippen LogP contribution in [0.2, 0.25) is 0 Å². The monoisotopic (exact) mass is 432 g/mol. The van der Waals surface area contributed by atoms with Crippen LogP contribution in [0.25, 0.3) is 10.2 Å². The molecule has 0 radical (unpaired) electrons. The molecule has 1 aromatic carbocycles. The average Bonchev–Trinajstić information content (AvgIpc) is 3.07. The van der Waals surface area contributed by atoms with E-state index in [1.165, 1.54) is 30.6 Å². The van der Waals surface area contributed by atoms with Crippen LogP contribution in [0, 0.1) is 6.92 Å². The Bertz CT molecular complexity index is 984. The van der Waals surface area contributed by atoms with Gasteiger partial charge in [-0.3, -0.25) is 4.79 Å². The molecule has 0 spiro atoms. The number of anilines is 2.